The van der Waals surface area contributed by atoms with Gasteiger partial charge in [0.05, 0.1) is 16.2 Å². The minimum absolute atomic E-state index is 0.0898. The summed E-state index contributed by atoms with van der Waals surface area (Å²) in [6.07, 6.45) is -4.05. The number of alkyl halides is 3. The van der Waals surface area contributed by atoms with Crippen LogP contribution in [0.5, 0.6) is 0 Å². The highest BCUT2D eigenvalue weighted by molar-refractivity contribution is 7.85. The lowest BCUT2D eigenvalue weighted by molar-refractivity contribution is -0.144. The van der Waals surface area contributed by atoms with E-state index < -0.39 is 27.0 Å². The first-order valence-electron chi connectivity index (χ1n) is 6.90. The van der Waals surface area contributed by atoms with Crippen LogP contribution in [0.1, 0.15) is 5.82 Å². The zero-order chi connectivity index (χ0) is 20.0. The summed E-state index contributed by atoms with van der Waals surface area (Å²) in [7, 11) is -4.51. The van der Waals surface area contributed by atoms with Crippen molar-refractivity contribution in [2.75, 3.05) is 0 Å². The first-order valence-corrected chi connectivity index (χ1v) is 9.10. The Labute approximate surface area is 160 Å². The molecule has 0 unspecified atom stereocenters. The maximum atomic E-state index is 13.1. The van der Waals surface area contributed by atoms with Crippen LogP contribution < -0.4 is 0 Å². The molecule has 7 nitrogen and oxygen atoms in total. The second kappa shape index (κ2) is 6.75. The summed E-state index contributed by atoms with van der Waals surface area (Å²) in [4.78, 5) is 6.69. The third-order valence-corrected chi connectivity index (χ3v) is 4.85. The van der Waals surface area contributed by atoms with Crippen molar-refractivity contribution >= 4 is 33.3 Å². The highest BCUT2D eigenvalue weighted by Crippen LogP contribution is 2.32. The molecule has 0 radical (unpaired) electrons. The predicted molar refractivity (Wildman–Crippen MR) is 89.4 cm³/mol. The van der Waals surface area contributed by atoms with Gasteiger partial charge in [0, 0.05) is 5.56 Å². The van der Waals surface area contributed by atoms with Crippen LogP contribution in [0.3, 0.4) is 0 Å². The van der Waals surface area contributed by atoms with Gasteiger partial charge in [-0.15, -0.1) is 5.10 Å². The van der Waals surface area contributed by atoms with Crippen molar-refractivity contribution in [1.29, 1.82) is 0 Å². The monoisotopic (exact) mass is 438 g/mol. The van der Waals surface area contributed by atoms with Crippen molar-refractivity contribution in [3.63, 3.8) is 0 Å². The summed E-state index contributed by atoms with van der Waals surface area (Å²) < 4.78 is 71.1. The lowest BCUT2D eigenvalue weighted by atomic mass is 10.2. The van der Waals surface area contributed by atoms with Crippen LogP contribution in [0.2, 0.25) is 10.0 Å². The number of rotatable bonds is 3. The molecule has 1 aromatic carbocycles. The Bertz CT molecular complexity index is 1120. The van der Waals surface area contributed by atoms with Crippen LogP contribution in [0, 0.1) is 0 Å². The van der Waals surface area contributed by atoms with Gasteiger partial charge in [-0.25, -0.2) is 9.97 Å². The molecule has 0 aliphatic rings. The van der Waals surface area contributed by atoms with E-state index in [0.717, 1.165) is 23.0 Å². The normalized spacial score (nSPS) is 12.4. The molecule has 2 heterocycles. The highest BCUT2D eigenvalue weighted by Gasteiger charge is 2.37. The minimum Gasteiger partial charge on any atom is -0.282 e. The molecule has 0 saturated heterocycles. The number of hydrogen-bond acceptors (Lipinski definition) is 5. The van der Waals surface area contributed by atoms with Gasteiger partial charge in [0.1, 0.15) is 4.90 Å². The molecule has 0 bridgehead atoms. The Hall–Kier alpha value is -2.21. The van der Waals surface area contributed by atoms with E-state index in [1.165, 1.54) is 18.2 Å². The minimum atomic E-state index is -4.83. The average molecular weight is 439 g/mol. The molecule has 13 heteroatoms. The maximum absolute atomic E-state index is 13.1. The Morgan fingerprint density at radius 2 is 1.78 bits per heavy atom. The smallest absolute Gasteiger partial charge is 0.282 e. The lowest BCUT2D eigenvalue weighted by Crippen LogP contribution is -2.09. The van der Waals surface area contributed by atoms with E-state index >= 15 is 0 Å². The van der Waals surface area contributed by atoms with Crippen LogP contribution in [0.4, 0.5) is 13.2 Å². The largest absolute Gasteiger partial charge is 0.453 e. The van der Waals surface area contributed by atoms with Gasteiger partial charge in [-0.1, -0.05) is 23.2 Å². The van der Waals surface area contributed by atoms with E-state index in [1.54, 1.807) is 0 Å². The molecule has 27 heavy (non-hydrogen) atoms. The third-order valence-electron chi connectivity index (χ3n) is 3.27. The SMILES string of the molecule is O=S(=O)(O)c1ccc(-n2nc(C(F)(F)F)nc2-c2ccc(Cl)c(Cl)c2)nc1. The molecule has 0 spiro atoms. The number of pyridine rings is 1. The van der Waals surface area contributed by atoms with E-state index in [1.807, 2.05) is 0 Å². The fraction of sp³-hybridized carbons (Fsp3) is 0.0714. The van der Waals surface area contributed by atoms with Crippen molar-refractivity contribution in [3.8, 4) is 17.2 Å². The maximum Gasteiger partial charge on any atom is 0.453 e. The quantitative estimate of drug-likeness (QED) is 0.622. The van der Waals surface area contributed by atoms with Crippen molar-refractivity contribution < 1.29 is 26.1 Å². The Kier molecular flexibility index (Phi) is 4.89. The molecule has 3 rings (SSSR count). The fourth-order valence-electron chi connectivity index (χ4n) is 2.06. The summed E-state index contributed by atoms with van der Waals surface area (Å²) in [6.45, 7) is 0. The zero-order valence-electron chi connectivity index (χ0n) is 12.8. The van der Waals surface area contributed by atoms with Crippen LogP contribution >= 0.6 is 23.2 Å². The molecule has 0 saturated carbocycles. The standard InChI is InChI=1S/C14H7Cl2F3N4O3S/c15-9-3-1-7(5-10(9)16)12-21-13(14(17,18)19)22-23(12)11-4-2-8(6-20-11)27(24,25)26/h1-6H,(H,24,25,26). The Balaban J connectivity index is 2.19. The number of hydrogen-bond donors (Lipinski definition) is 1. The van der Waals surface area contributed by atoms with Crippen molar-refractivity contribution in [1.82, 2.24) is 19.7 Å². The molecule has 2 aromatic heterocycles. The van der Waals surface area contributed by atoms with E-state index in [2.05, 4.69) is 15.1 Å². The van der Waals surface area contributed by atoms with Gasteiger partial charge in [-0.05, 0) is 30.3 Å². The van der Waals surface area contributed by atoms with Gasteiger partial charge in [-0.2, -0.15) is 26.3 Å². The molecule has 0 atom stereocenters. The van der Waals surface area contributed by atoms with Crippen molar-refractivity contribution in [2.45, 2.75) is 11.1 Å². The van der Waals surface area contributed by atoms with Crippen molar-refractivity contribution in [2.24, 2.45) is 0 Å². The first-order chi connectivity index (χ1) is 12.5. The second-order valence-corrected chi connectivity index (χ2v) is 7.36. The first kappa shape index (κ1) is 19.5. The predicted octanol–water partition coefficient (Wildman–Crippen LogP) is 3.90. The van der Waals surface area contributed by atoms with Crippen molar-refractivity contribution in [3.05, 3.63) is 52.4 Å². The third kappa shape index (κ3) is 4.05. The molecule has 0 amide bonds. The number of nitrogens with zero attached hydrogens (tertiary/aromatic N) is 4. The Morgan fingerprint density at radius 1 is 1.07 bits per heavy atom. The number of halogens is 5. The second-order valence-electron chi connectivity index (χ2n) is 5.12. The zero-order valence-corrected chi connectivity index (χ0v) is 15.1. The van der Waals surface area contributed by atoms with E-state index in [-0.39, 0.29) is 27.3 Å². The van der Waals surface area contributed by atoms with Gasteiger partial charge in [0.25, 0.3) is 15.9 Å². The summed E-state index contributed by atoms with van der Waals surface area (Å²) in [6, 6.07) is 6.10. The van der Waals surface area contributed by atoms with Crippen LogP contribution in [-0.2, 0) is 16.3 Å². The fourth-order valence-corrected chi connectivity index (χ4v) is 2.79. The lowest BCUT2D eigenvalue weighted by Gasteiger charge is -2.06. The van der Waals surface area contributed by atoms with E-state index in [4.69, 9.17) is 27.8 Å². The highest BCUT2D eigenvalue weighted by atomic mass is 35.5. The van der Waals surface area contributed by atoms with Crippen LogP contribution in [-0.4, -0.2) is 32.7 Å². The van der Waals surface area contributed by atoms with E-state index in [0.29, 0.717) is 0 Å². The molecular formula is C14H7Cl2F3N4O3S. The number of benzene rings is 1. The average Bonchev–Trinajstić information content (AvgIpc) is 3.02. The molecular weight excluding hydrogens is 432 g/mol. The molecule has 0 aliphatic heterocycles. The van der Waals surface area contributed by atoms with Crippen LogP contribution in [0.25, 0.3) is 17.2 Å². The molecule has 3 aromatic rings. The van der Waals surface area contributed by atoms with Gasteiger partial charge < -0.3 is 0 Å². The molecule has 0 aliphatic carbocycles. The summed E-state index contributed by atoms with van der Waals surface area (Å²) in [5.74, 6) is -1.83. The molecule has 0 fully saturated rings. The van der Waals surface area contributed by atoms with E-state index in [9.17, 15) is 21.6 Å². The molecule has 142 valence electrons. The topological polar surface area (TPSA) is 98.0 Å². The summed E-state index contributed by atoms with van der Waals surface area (Å²) in [5, 5.41) is 3.68. The van der Waals surface area contributed by atoms with Gasteiger partial charge >= 0.3 is 6.18 Å². The van der Waals surface area contributed by atoms with Crippen LogP contribution in [0.15, 0.2) is 41.4 Å². The molecule has 1 N–H and O–H groups in total. The van der Waals surface area contributed by atoms with Gasteiger partial charge in [0.15, 0.2) is 11.6 Å². The Morgan fingerprint density at radius 3 is 2.30 bits per heavy atom. The summed E-state index contributed by atoms with van der Waals surface area (Å²) in [5.41, 5.74) is 0.174. The number of aromatic nitrogens is 4. The van der Waals surface area contributed by atoms with Gasteiger partial charge in [0.2, 0.25) is 0 Å². The summed E-state index contributed by atoms with van der Waals surface area (Å²) >= 11 is 11.7. The van der Waals surface area contributed by atoms with Gasteiger partial charge in [-0.3, -0.25) is 4.55 Å².